The first-order chi connectivity index (χ1) is 33.8. The molecule has 0 N–H and O–H groups in total. The Bertz CT molecular complexity index is 1730. The van der Waals surface area contributed by atoms with Crippen LogP contribution in [-0.2, 0) is 28.6 Å². The van der Waals surface area contributed by atoms with Gasteiger partial charge in [-0.05, 0) is 133 Å². The van der Waals surface area contributed by atoms with Crippen molar-refractivity contribution in [2.24, 2.45) is 17.8 Å². The molecule has 0 radical (unpaired) electrons. The number of ether oxygens (including phenoxy) is 3. The molecule has 378 valence electrons. The highest BCUT2D eigenvalue weighted by Crippen LogP contribution is 2.35. The molecule has 3 aliphatic heterocycles. The topological polar surface area (TPSA) is 98.3 Å². The first kappa shape index (κ1) is 52.6. The molecule has 3 amide bonds. The fourth-order valence-corrected chi connectivity index (χ4v) is 9.85. The number of carbonyl (C=O) groups excluding carboxylic acids is 3. The molecule has 0 bridgehead atoms. The van der Waals surface area contributed by atoms with E-state index in [0.29, 0.717) is 19.6 Å². The van der Waals surface area contributed by atoms with Crippen molar-refractivity contribution in [1.29, 1.82) is 0 Å². The Kier molecular flexibility index (Phi) is 21.4. The third-order valence-electron chi connectivity index (χ3n) is 13.9. The van der Waals surface area contributed by atoms with Gasteiger partial charge in [0.1, 0.15) is 0 Å². The Morgan fingerprint density at radius 1 is 0.435 bits per heavy atom. The van der Waals surface area contributed by atoms with Crippen LogP contribution in [0.2, 0.25) is 0 Å². The lowest BCUT2D eigenvalue weighted by Crippen LogP contribution is -2.43. The number of para-hydroxylation sites is 3. The molecule has 3 saturated heterocycles. The molecule has 3 aromatic carbocycles. The van der Waals surface area contributed by atoms with Gasteiger partial charge in [0.2, 0.25) is 17.7 Å². The van der Waals surface area contributed by atoms with Gasteiger partial charge < -0.3 is 43.6 Å². The summed E-state index contributed by atoms with van der Waals surface area (Å²) in [6.07, 6.45) is 13.3. The van der Waals surface area contributed by atoms with Gasteiger partial charge in [-0.2, -0.15) is 0 Å². The van der Waals surface area contributed by atoms with E-state index in [9.17, 15) is 14.4 Å². The molecule has 69 heavy (non-hydrogen) atoms. The van der Waals surface area contributed by atoms with E-state index < -0.39 is 0 Å². The Hall–Kier alpha value is -4.17. The number of nitrogens with zero attached hydrogens (tertiary/aromatic N) is 6. The maximum atomic E-state index is 12.7. The molecule has 3 heterocycles. The predicted molar refractivity (Wildman–Crippen MR) is 278 cm³/mol. The van der Waals surface area contributed by atoms with Crippen molar-refractivity contribution in [3.8, 4) is 0 Å². The normalized spacial score (nSPS) is 22.6. The quantitative estimate of drug-likeness (QED) is 0.124. The third-order valence-corrected chi connectivity index (χ3v) is 13.9. The number of amides is 3. The molecule has 6 fully saturated rings. The molecule has 3 unspecified atom stereocenters. The van der Waals surface area contributed by atoms with Crippen LogP contribution in [0, 0.1) is 17.8 Å². The highest BCUT2D eigenvalue weighted by Gasteiger charge is 2.38. The number of hydrogen-bond acceptors (Lipinski definition) is 9. The zero-order valence-corrected chi connectivity index (χ0v) is 42.3. The van der Waals surface area contributed by atoms with E-state index in [1.807, 2.05) is 106 Å². The third kappa shape index (κ3) is 17.3. The summed E-state index contributed by atoms with van der Waals surface area (Å²) >= 11 is 0. The molecule has 3 saturated carbocycles. The van der Waals surface area contributed by atoms with Crippen molar-refractivity contribution in [2.45, 2.75) is 116 Å². The van der Waals surface area contributed by atoms with Crippen LogP contribution in [0.4, 0.5) is 17.1 Å². The van der Waals surface area contributed by atoms with Crippen LogP contribution in [-0.4, -0.2) is 149 Å². The highest BCUT2D eigenvalue weighted by atomic mass is 16.5. The number of benzene rings is 3. The first-order valence-electron chi connectivity index (χ1n) is 26.9. The van der Waals surface area contributed by atoms with Crippen LogP contribution in [0.1, 0.15) is 97.8 Å². The van der Waals surface area contributed by atoms with Crippen molar-refractivity contribution in [2.75, 3.05) is 113 Å². The van der Waals surface area contributed by atoms with Crippen molar-refractivity contribution in [3.05, 3.63) is 91.0 Å². The summed E-state index contributed by atoms with van der Waals surface area (Å²) < 4.78 is 18.1. The fraction of sp³-hybridized carbons (Fsp3) is 0.632. The minimum absolute atomic E-state index is 0.104. The monoisotopic (exact) mass is 949 g/mol. The second-order valence-corrected chi connectivity index (χ2v) is 20.1. The molecular formula is C57H84N6O6. The van der Waals surface area contributed by atoms with Gasteiger partial charge >= 0.3 is 0 Å². The maximum Gasteiger partial charge on any atom is 0.230 e. The van der Waals surface area contributed by atoms with Crippen LogP contribution in [0.3, 0.4) is 0 Å². The Morgan fingerprint density at radius 2 is 0.696 bits per heavy atom. The molecule has 3 aromatic rings. The number of anilines is 3. The largest absolute Gasteiger partial charge is 0.375 e. The summed E-state index contributed by atoms with van der Waals surface area (Å²) in [6.45, 7) is 20.5. The van der Waals surface area contributed by atoms with Crippen LogP contribution in [0.15, 0.2) is 91.0 Å². The van der Waals surface area contributed by atoms with Crippen LogP contribution < -0.4 is 14.7 Å². The SMILES string of the molecule is CCCN1CCCOC(CN(C(=O)C2CC2)c2ccccc2)C1.CCCN1CCCOC(CN(C(=O)C2CC2)c2ccccc2)C1.CCCN1CCCOC(CN(C(=O)C2CC2)c2ccccc2)C1. The fourth-order valence-electron chi connectivity index (χ4n) is 9.85. The zero-order valence-electron chi connectivity index (χ0n) is 42.3. The van der Waals surface area contributed by atoms with Gasteiger partial charge in [-0.1, -0.05) is 75.4 Å². The van der Waals surface area contributed by atoms with Gasteiger partial charge in [-0.25, -0.2) is 0 Å². The van der Waals surface area contributed by atoms with Gasteiger partial charge in [0.15, 0.2) is 0 Å². The summed E-state index contributed by atoms with van der Waals surface area (Å²) in [6, 6.07) is 30.2. The van der Waals surface area contributed by atoms with Gasteiger partial charge in [-0.3, -0.25) is 14.4 Å². The molecule has 9 rings (SSSR count). The molecule has 0 spiro atoms. The van der Waals surface area contributed by atoms with Crippen molar-refractivity contribution >= 4 is 34.8 Å². The summed E-state index contributed by atoms with van der Waals surface area (Å²) in [5.41, 5.74) is 3.00. The average molecular weight is 949 g/mol. The Labute approximate surface area is 414 Å². The lowest BCUT2D eigenvalue weighted by Gasteiger charge is -2.29. The Balaban J connectivity index is 0.000000153. The number of rotatable bonds is 18. The minimum atomic E-state index is 0.104. The van der Waals surface area contributed by atoms with Gasteiger partial charge in [0.25, 0.3) is 0 Å². The summed E-state index contributed by atoms with van der Waals surface area (Å²) in [5, 5.41) is 0. The minimum Gasteiger partial charge on any atom is -0.375 e. The zero-order chi connectivity index (χ0) is 48.2. The number of carbonyl (C=O) groups is 3. The Morgan fingerprint density at radius 3 is 0.928 bits per heavy atom. The first-order valence-corrected chi connectivity index (χ1v) is 26.9. The lowest BCUT2D eigenvalue weighted by atomic mass is 10.2. The van der Waals surface area contributed by atoms with E-state index in [0.717, 1.165) is 173 Å². The summed E-state index contributed by atoms with van der Waals surface area (Å²) in [4.78, 5) is 51.5. The predicted octanol–water partition coefficient (Wildman–Crippen LogP) is 8.79. The van der Waals surface area contributed by atoms with Crippen molar-refractivity contribution in [3.63, 3.8) is 0 Å². The van der Waals surface area contributed by atoms with Gasteiger partial charge in [0.05, 0.1) is 37.9 Å². The van der Waals surface area contributed by atoms with E-state index in [1.165, 1.54) is 0 Å². The number of hydrogen-bond donors (Lipinski definition) is 0. The van der Waals surface area contributed by atoms with E-state index >= 15 is 0 Å². The summed E-state index contributed by atoms with van der Waals surface area (Å²) in [5.74, 6) is 1.50. The highest BCUT2D eigenvalue weighted by molar-refractivity contribution is 5.97. The molecule has 12 heteroatoms. The molecule has 0 aromatic heterocycles. The standard InChI is InChI=1S/3C19H28N2O2/c3*1-2-11-20-12-6-13-23-18(14-20)15-21(19(22)16-9-10-16)17-7-4-3-5-8-17/h3*3-5,7-8,16,18H,2,6,9-15H2,1H3. The molecule has 12 nitrogen and oxygen atoms in total. The maximum absolute atomic E-state index is 12.7. The molecule has 6 aliphatic rings. The summed E-state index contributed by atoms with van der Waals surface area (Å²) in [7, 11) is 0. The van der Waals surface area contributed by atoms with Crippen molar-refractivity contribution < 1.29 is 28.6 Å². The van der Waals surface area contributed by atoms with E-state index in [2.05, 4.69) is 35.5 Å². The average Bonchev–Trinajstić information content (AvgIpc) is 4.20. The van der Waals surface area contributed by atoms with Crippen LogP contribution in [0.5, 0.6) is 0 Å². The van der Waals surface area contributed by atoms with E-state index in [1.54, 1.807) is 0 Å². The van der Waals surface area contributed by atoms with Gasteiger partial charge in [0, 0.05) is 93.9 Å². The van der Waals surface area contributed by atoms with E-state index in [-0.39, 0.29) is 53.8 Å². The molecular weight excluding hydrogens is 865 g/mol. The molecule has 3 atom stereocenters. The second-order valence-electron chi connectivity index (χ2n) is 20.1. The van der Waals surface area contributed by atoms with Crippen LogP contribution >= 0.6 is 0 Å². The van der Waals surface area contributed by atoms with Gasteiger partial charge in [-0.15, -0.1) is 0 Å². The second kappa shape index (κ2) is 28.0. The van der Waals surface area contributed by atoms with E-state index in [4.69, 9.17) is 14.2 Å². The molecule has 3 aliphatic carbocycles. The smallest absolute Gasteiger partial charge is 0.230 e. The lowest BCUT2D eigenvalue weighted by molar-refractivity contribution is -0.121. The van der Waals surface area contributed by atoms with Crippen LogP contribution in [0.25, 0.3) is 0 Å². The van der Waals surface area contributed by atoms with Crippen molar-refractivity contribution in [1.82, 2.24) is 14.7 Å².